The lowest BCUT2D eigenvalue weighted by Gasteiger charge is -2.34. The monoisotopic (exact) mass is 424 g/mol. The minimum absolute atomic E-state index is 0. The van der Waals surface area contributed by atoms with E-state index in [0.29, 0.717) is 4.90 Å². The topological polar surface area (TPSA) is 50.6 Å². The molecule has 1 saturated heterocycles. The lowest BCUT2D eigenvalue weighted by Crippen LogP contribution is -2.45. The van der Waals surface area contributed by atoms with Gasteiger partial charge in [0, 0.05) is 31.1 Å². The Labute approximate surface area is 182 Å². The highest BCUT2D eigenvalue weighted by Gasteiger charge is 2.22. The molecule has 0 spiro atoms. The zero-order chi connectivity index (χ0) is 20.2. The van der Waals surface area contributed by atoms with E-state index >= 15 is 0 Å². The summed E-state index contributed by atoms with van der Waals surface area (Å²) in [5, 5.41) is 4.49. The predicted molar refractivity (Wildman–Crippen MR) is 123 cm³/mol. The van der Waals surface area contributed by atoms with Gasteiger partial charge in [-0.15, -0.1) is 0 Å². The number of aromatic nitrogens is 2. The first-order chi connectivity index (χ1) is 14.2. The number of ether oxygens (including phenoxy) is 1. The summed E-state index contributed by atoms with van der Waals surface area (Å²) in [6.07, 6.45) is 1.82. The van der Waals surface area contributed by atoms with E-state index in [-0.39, 0.29) is 13.0 Å². The maximum Gasteiger partial charge on any atom is 0.287 e. The lowest BCUT2D eigenvalue weighted by molar-refractivity contribution is 0.312. The van der Waals surface area contributed by atoms with Gasteiger partial charge in [-0.1, -0.05) is 37.4 Å². The molecule has 6 nitrogen and oxygen atoms in total. The second-order valence-corrected chi connectivity index (χ2v) is 8.06. The summed E-state index contributed by atoms with van der Waals surface area (Å²) in [5.74, 6) is 0.796. The first-order valence-corrected chi connectivity index (χ1v) is 10.4. The van der Waals surface area contributed by atoms with E-state index in [1.165, 1.54) is 16.4 Å². The molecule has 0 saturated carbocycles. The number of benzene rings is 2. The fourth-order valence-corrected chi connectivity index (χ4v) is 4.28. The number of hydrogen-bond acceptors (Lipinski definition) is 6. The summed E-state index contributed by atoms with van der Waals surface area (Å²) in [6.45, 7) is 3.69. The number of likely N-dealkylation sites (N-methyl/N-ethyl adjacent to an activating group) is 1. The molecule has 1 aliphatic heterocycles. The molecule has 0 aliphatic carbocycles. The third kappa shape index (κ3) is 4.68. The molecule has 0 atom stereocenters. The van der Waals surface area contributed by atoms with Gasteiger partial charge in [-0.3, -0.25) is 4.79 Å². The van der Waals surface area contributed by atoms with Crippen LogP contribution in [0.2, 0.25) is 0 Å². The Balaban J connectivity index is 0.00000256. The van der Waals surface area contributed by atoms with Crippen molar-refractivity contribution in [1.29, 1.82) is 0 Å². The predicted octanol–water partition coefficient (Wildman–Crippen LogP) is 3.78. The number of nitrogens with zero attached hydrogens (tertiary/aromatic N) is 4. The average Bonchev–Trinajstić information content (AvgIpc) is 2.77. The second kappa shape index (κ2) is 9.82. The quantitative estimate of drug-likeness (QED) is 0.621. The average molecular weight is 425 g/mol. The van der Waals surface area contributed by atoms with Crippen LogP contribution in [0.4, 0.5) is 5.69 Å². The number of methoxy groups -OCH3 is 1. The Hall–Kier alpha value is -2.77. The first-order valence-electron chi connectivity index (χ1n) is 9.59. The highest BCUT2D eigenvalue weighted by molar-refractivity contribution is 7.99. The highest BCUT2D eigenvalue weighted by Crippen LogP contribution is 2.33. The maximum atomic E-state index is 13.4. The third-order valence-electron chi connectivity index (χ3n) is 5.04. The fraction of sp³-hybridized carbons (Fsp3) is 0.304. The van der Waals surface area contributed by atoms with Gasteiger partial charge in [-0.2, -0.15) is 9.78 Å². The standard InChI is InChI=1S/C22H24N4O2S.CH4/c1-24-12-14-25(15-13-24)20-16-23-26(17-6-4-3-5-7-17)22(27)21(20)29-19-10-8-18(28-2)9-11-19;/h3-11,16H,12-15H2,1-2H3;1H4. The van der Waals surface area contributed by atoms with Crippen molar-refractivity contribution in [3.8, 4) is 11.4 Å². The second-order valence-electron chi connectivity index (χ2n) is 6.98. The van der Waals surface area contributed by atoms with Crippen LogP contribution in [0, 0.1) is 0 Å². The summed E-state index contributed by atoms with van der Waals surface area (Å²) in [4.78, 5) is 19.7. The summed E-state index contributed by atoms with van der Waals surface area (Å²) >= 11 is 1.48. The van der Waals surface area contributed by atoms with Crippen LogP contribution in [-0.4, -0.2) is 55.0 Å². The minimum atomic E-state index is -0.103. The highest BCUT2D eigenvalue weighted by atomic mass is 32.2. The van der Waals surface area contributed by atoms with Crippen LogP contribution in [0.3, 0.4) is 0 Å². The van der Waals surface area contributed by atoms with Gasteiger partial charge in [0.25, 0.3) is 5.56 Å². The maximum absolute atomic E-state index is 13.4. The van der Waals surface area contributed by atoms with Crippen molar-refractivity contribution in [2.75, 3.05) is 45.2 Å². The summed E-state index contributed by atoms with van der Waals surface area (Å²) < 4.78 is 6.73. The smallest absolute Gasteiger partial charge is 0.287 e. The molecular weight excluding hydrogens is 396 g/mol. The van der Waals surface area contributed by atoms with Gasteiger partial charge < -0.3 is 14.5 Å². The summed E-state index contributed by atoms with van der Waals surface area (Å²) in [5.41, 5.74) is 1.56. The van der Waals surface area contributed by atoms with Crippen molar-refractivity contribution in [3.63, 3.8) is 0 Å². The van der Waals surface area contributed by atoms with Crippen molar-refractivity contribution in [3.05, 3.63) is 71.1 Å². The summed E-state index contributed by atoms with van der Waals surface area (Å²) in [7, 11) is 3.77. The Morgan fingerprint density at radius 2 is 1.63 bits per heavy atom. The largest absolute Gasteiger partial charge is 0.497 e. The molecule has 0 radical (unpaired) electrons. The van der Waals surface area contributed by atoms with E-state index in [4.69, 9.17) is 4.74 Å². The molecule has 158 valence electrons. The van der Waals surface area contributed by atoms with E-state index in [1.54, 1.807) is 7.11 Å². The molecule has 4 rings (SSSR count). The molecule has 0 unspecified atom stereocenters. The Kier molecular flexibility index (Phi) is 7.18. The van der Waals surface area contributed by atoms with Crippen molar-refractivity contribution in [2.24, 2.45) is 0 Å². The summed E-state index contributed by atoms with van der Waals surface area (Å²) in [6, 6.07) is 17.3. The molecule has 1 fully saturated rings. The molecule has 1 aromatic heterocycles. The van der Waals surface area contributed by atoms with E-state index < -0.39 is 0 Å². The number of anilines is 1. The van der Waals surface area contributed by atoms with Crippen molar-refractivity contribution in [2.45, 2.75) is 17.2 Å². The molecule has 0 amide bonds. The van der Waals surface area contributed by atoms with Crippen molar-refractivity contribution < 1.29 is 4.74 Å². The van der Waals surface area contributed by atoms with E-state index in [9.17, 15) is 4.79 Å². The zero-order valence-corrected chi connectivity index (χ0v) is 17.4. The van der Waals surface area contributed by atoms with Crippen molar-refractivity contribution in [1.82, 2.24) is 14.7 Å². The number of rotatable bonds is 5. The van der Waals surface area contributed by atoms with Gasteiger partial charge in [0.05, 0.1) is 24.7 Å². The van der Waals surface area contributed by atoms with Crippen LogP contribution in [0.1, 0.15) is 7.43 Å². The Morgan fingerprint density at radius 3 is 2.27 bits per heavy atom. The van der Waals surface area contributed by atoms with Crippen LogP contribution < -0.4 is 15.2 Å². The molecule has 7 heteroatoms. The van der Waals surface area contributed by atoms with Gasteiger partial charge in [0.2, 0.25) is 0 Å². The normalized spacial score (nSPS) is 14.3. The molecule has 2 aromatic carbocycles. The van der Waals surface area contributed by atoms with Crippen LogP contribution in [0.25, 0.3) is 5.69 Å². The SMILES string of the molecule is C.COc1ccc(Sc2c(N3CCN(C)CC3)cnn(-c3ccccc3)c2=O)cc1. The van der Waals surface area contributed by atoms with Gasteiger partial charge in [0.15, 0.2) is 0 Å². The van der Waals surface area contributed by atoms with E-state index in [0.717, 1.165) is 48.2 Å². The van der Waals surface area contributed by atoms with Crippen LogP contribution in [-0.2, 0) is 0 Å². The van der Waals surface area contributed by atoms with Gasteiger partial charge in [-0.05, 0) is 43.4 Å². The van der Waals surface area contributed by atoms with Gasteiger partial charge in [0.1, 0.15) is 10.6 Å². The van der Waals surface area contributed by atoms with Gasteiger partial charge >= 0.3 is 0 Å². The zero-order valence-electron chi connectivity index (χ0n) is 16.6. The molecule has 3 aromatic rings. The molecule has 30 heavy (non-hydrogen) atoms. The van der Waals surface area contributed by atoms with Crippen LogP contribution in [0.5, 0.6) is 5.75 Å². The van der Waals surface area contributed by atoms with Crippen LogP contribution in [0.15, 0.2) is 75.4 Å². The number of piperazine rings is 1. The third-order valence-corrected chi connectivity index (χ3v) is 6.13. The van der Waals surface area contributed by atoms with E-state index in [2.05, 4.69) is 21.9 Å². The minimum Gasteiger partial charge on any atom is -0.497 e. The molecular formula is C23H28N4O2S. The van der Waals surface area contributed by atoms with Crippen LogP contribution >= 0.6 is 11.8 Å². The van der Waals surface area contributed by atoms with Crippen molar-refractivity contribution >= 4 is 17.4 Å². The fourth-order valence-electron chi connectivity index (χ4n) is 3.31. The molecule has 2 heterocycles. The first kappa shape index (κ1) is 21.9. The van der Waals surface area contributed by atoms with Gasteiger partial charge in [-0.25, -0.2) is 0 Å². The van der Waals surface area contributed by atoms with E-state index in [1.807, 2.05) is 60.8 Å². The lowest BCUT2D eigenvalue weighted by atomic mass is 10.3. The Bertz CT molecular complexity index is 1010. The molecule has 1 aliphatic rings. The Morgan fingerprint density at radius 1 is 0.967 bits per heavy atom. The number of para-hydroxylation sites is 1. The molecule has 0 bridgehead atoms. The molecule has 0 N–H and O–H groups in total. The number of hydrogen-bond donors (Lipinski definition) is 0.